The second kappa shape index (κ2) is 7.63. The normalized spacial score (nSPS) is 11.4. The number of ether oxygens (including phenoxy) is 1. The van der Waals surface area contributed by atoms with Crippen molar-refractivity contribution >= 4 is 17.2 Å². The van der Waals surface area contributed by atoms with Gasteiger partial charge in [-0.1, -0.05) is 18.2 Å². The molecule has 0 aliphatic carbocycles. The van der Waals surface area contributed by atoms with E-state index in [-0.39, 0.29) is 29.5 Å². The van der Waals surface area contributed by atoms with Gasteiger partial charge in [0.15, 0.2) is 0 Å². The molecule has 2 N–H and O–H groups in total. The Morgan fingerprint density at radius 2 is 2.08 bits per heavy atom. The van der Waals surface area contributed by atoms with E-state index in [1.165, 1.54) is 41.5 Å². The molecule has 0 saturated carbocycles. The highest BCUT2D eigenvalue weighted by atomic mass is 32.1. The summed E-state index contributed by atoms with van der Waals surface area (Å²) in [5.74, 6) is -0.705. The van der Waals surface area contributed by atoms with E-state index in [0.717, 1.165) is 5.01 Å². The topological polar surface area (TPSA) is 68.5 Å². The first-order valence-corrected chi connectivity index (χ1v) is 7.91. The fraction of sp³-hybridized carbons (Fsp3) is 0.333. The Hall–Kier alpha value is -2.13. The highest BCUT2D eigenvalue weighted by molar-refractivity contribution is 7.09. The molecule has 0 unspecified atom stereocenters. The molecule has 1 aromatic heterocycles. The van der Waals surface area contributed by atoms with E-state index in [0.29, 0.717) is 13.0 Å². The summed E-state index contributed by atoms with van der Waals surface area (Å²) in [5.41, 5.74) is 5.94. The molecule has 0 saturated heterocycles. The van der Waals surface area contributed by atoms with Crippen molar-refractivity contribution in [3.05, 3.63) is 45.9 Å². The molecule has 2 aromatic rings. The maximum Gasteiger partial charge on any atom is 0.573 e. The molecule has 0 aliphatic rings. The molecule has 130 valence electrons. The number of rotatable bonds is 6. The molecule has 1 heterocycles. The first-order valence-electron chi connectivity index (χ1n) is 7.03. The molecule has 0 bridgehead atoms. The van der Waals surface area contributed by atoms with E-state index >= 15 is 0 Å². The van der Waals surface area contributed by atoms with Gasteiger partial charge >= 0.3 is 6.36 Å². The molecule has 2 rings (SSSR count). The Kier molecular flexibility index (Phi) is 5.79. The average Bonchev–Trinajstić information content (AvgIpc) is 2.96. The van der Waals surface area contributed by atoms with Gasteiger partial charge in [0.1, 0.15) is 11.4 Å². The Morgan fingerprint density at radius 1 is 1.38 bits per heavy atom. The molecule has 0 aliphatic heterocycles. The van der Waals surface area contributed by atoms with Crippen molar-refractivity contribution in [1.29, 1.82) is 0 Å². The van der Waals surface area contributed by atoms with Crippen molar-refractivity contribution in [3.8, 4) is 5.75 Å². The van der Waals surface area contributed by atoms with Crippen LogP contribution in [0.5, 0.6) is 5.75 Å². The number of nitrogens with zero attached hydrogens (tertiary/aromatic N) is 2. The van der Waals surface area contributed by atoms with E-state index in [4.69, 9.17) is 5.73 Å². The van der Waals surface area contributed by atoms with Crippen molar-refractivity contribution < 1.29 is 22.7 Å². The van der Waals surface area contributed by atoms with Crippen molar-refractivity contribution in [3.63, 3.8) is 0 Å². The highest BCUT2D eigenvalue weighted by Crippen LogP contribution is 2.27. The number of thiazole rings is 1. The number of hydrogen-bond donors (Lipinski definition) is 1. The Morgan fingerprint density at radius 3 is 2.75 bits per heavy atom. The molecule has 0 radical (unpaired) electrons. The third-order valence-electron chi connectivity index (χ3n) is 3.08. The van der Waals surface area contributed by atoms with Gasteiger partial charge in [0.2, 0.25) is 0 Å². The minimum atomic E-state index is -4.79. The van der Waals surface area contributed by atoms with Crippen LogP contribution in [0.1, 0.15) is 21.1 Å². The van der Waals surface area contributed by atoms with Gasteiger partial charge in [-0.05, 0) is 12.6 Å². The maximum absolute atomic E-state index is 12.4. The lowest BCUT2D eigenvalue weighted by Gasteiger charge is -2.19. The number of carbonyl (C=O) groups is 1. The molecule has 5 nitrogen and oxygen atoms in total. The van der Waals surface area contributed by atoms with Gasteiger partial charge in [0, 0.05) is 31.0 Å². The summed E-state index contributed by atoms with van der Waals surface area (Å²) in [7, 11) is 1.49. The minimum absolute atomic E-state index is 0.0329. The van der Waals surface area contributed by atoms with Crippen molar-refractivity contribution in [1.82, 2.24) is 9.88 Å². The fourth-order valence-electron chi connectivity index (χ4n) is 2.03. The van der Waals surface area contributed by atoms with Crippen LogP contribution in [0.3, 0.4) is 0 Å². The maximum atomic E-state index is 12.4. The quantitative estimate of drug-likeness (QED) is 0.861. The average molecular weight is 359 g/mol. The molecular weight excluding hydrogens is 343 g/mol. The standard InChI is InChI=1S/C15H16F3N3O2S/c1-21(14(22)11-9-24-13(20-11)6-7-19)8-10-4-2-3-5-12(10)23-15(16,17)18/h2-5,9H,6-8,19H2,1H3. The zero-order chi connectivity index (χ0) is 17.7. The summed E-state index contributed by atoms with van der Waals surface area (Å²) < 4.78 is 41.3. The predicted octanol–water partition coefficient (Wildman–Crippen LogP) is 2.82. The predicted molar refractivity (Wildman–Crippen MR) is 83.8 cm³/mol. The zero-order valence-electron chi connectivity index (χ0n) is 12.8. The summed E-state index contributed by atoms with van der Waals surface area (Å²) in [6.07, 6.45) is -4.21. The summed E-state index contributed by atoms with van der Waals surface area (Å²) >= 11 is 1.33. The SMILES string of the molecule is CN(Cc1ccccc1OC(F)(F)F)C(=O)c1csc(CCN)n1. The van der Waals surface area contributed by atoms with Crippen molar-refractivity contribution in [2.45, 2.75) is 19.3 Å². The smallest absolute Gasteiger partial charge is 0.405 e. The van der Waals surface area contributed by atoms with Crippen molar-refractivity contribution in [2.75, 3.05) is 13.6 Å². The van der Waals surface area contributed by atoms with Gasteiger partial charge in [0.25, 0.3) is 5.91 Å². The fourth-order valence-corrected chi connectivity index (χ4v) is 2.82. The lowest BCUT2D eigenvalue weighted by atomic mass is 10.2. The largest absolute Gasteiger partial charge is 0.573 e. The van der Waals surface area contributed by atoms with E-state index in [1.54, 1.807) is 11.4 Å². The van der Waals surface area contributed by atoms with Crippen LogP contribution in [0.25, 0.3) is 0 Å². The monoisotopic (exact) mass is 359 g/mol. The van der Waals surface area contributed by atoms with Gasteiger partial charge in [-0.15, -0.1) is 24.5 Å². The molecular formula is C15H16F3N3O2S. The second-order valence-electron chi connectivity index (χ2n) is 4.98. The lowest BCUT2D eigenvalue weighted by Crippen LogP contribution is -2.27. The molecule has 9 heteroatoms. The van der Waals surface area contributed by atoms with E-state index in [9.17, 15) is 18.0 Å². The summed E-state index contributed by atoms with van der Waals surface area (Å²) in [4.78, 5) is 17.8. The number of carbonyl (C=O) groups excluding carboxylic acids is 1. The summed E-state index contributed by atoms with van der Waals surface area (Å²) in [6, 6.07) is 5.71. The van der Waals surface area contributed by atoms with Gasteiger partial charge in [-0.2, -0.15) is 0 Å². The number of nitrogens with two attached hydrogens (primary N) is 1. The van der Waals surface area contributed by atoms with Gasteiger partial charge in [-0.25, -0.2) is 4.98 Å². The third-order valence-corrected chi connectivity index (χ3v) is 3.99. The Labute approximate surface area is 140 Å². The second-order valence-corrected chi connectivity index (χ2v) is 5.92. The van der Waals surface area contributed by atoms with Gasteiger partial charge < -0.3 is 15.4 Å². The number of para-hydroxylation sites is 1. The Balaban J connectivity index is 2.11. The van der Waals surface area contributed by atoms with Crippen LogP contribution in [0.2, 0.25) is 0 Å². The van der Waals surface area contributed by atoms with Crippen LogP contribution < -0.4 is 10.5 Å². The minimum Gasteiger partial charge on any atom is -0.405 e. The Bertz CT molecular complexity index is 703. The van der Waals surface area contributed by atoms with E-state index in [2.05, 4.69) is 9.72 Å². The summed E-state index contributed by atoms with van der Waals surface area (Å²) in [5, 5.41) is 2.36. The molecule has 1 aromatic carbocycles. The van der Waals surface area contributed by atoms with E-state index < -0.39 is 6.36 Å². The molecule has 0 fully saturated rings. The number of benzene rings is 1. The van der Waals surface area contributed by atoms with Gasteiger partial charge in [-0.3, -0.25) is 4.79 Å². The van der Waals surface area contributed by atoms with Crippen LogP contribution in [-0.2, 0) is 13.0 Å². The first kappa shape index (κ1) is 18.2. The molecule has 24 heavy (non-hydrogen) atoms. The first-order chi connectivity index (χ1) is 11.3. The highest BCUT2D eigenvalue weighted by Gasteiger charge is 2.32. The number of amides is 1. The number of aromatic nitrogens is 1. The molecule has 0 spiro atoms. The van der Waals surface area contributed by atoms with Crippen molar-refractivity contribution in [2.24, 2.45) is 5.73 Å². The van der Waals surface area contributed by atoms with Gasteiger partial charge in [0.05, 0.1) is 5.01 Å². The summed E-state index contributed by atoms with van der Waals surface area (Å²) in [6.45, 7) is 0.397. The lowest BCUT2D eigenvalue weighted by molar-refractivity contribution is -0.275. The number of alkyl halides is 3. The van der Waals surface area contributed by atoms with Crippen LogP contribution in [-0.4, -0.2) is 35.7 Å². The van der Waals surface area contributed by atoms with Crippen LogP contribution in [0, 0.1) is 0 Å². The van der Waals surface area contributed by atoms with Crippen LogP contribution in [0.4, 0.5) is 13.2 Å². The molecule has 0 atom stereocenters. The van der Waals surface area contributed by atoms with Crippen LogP contribution in [0.15, 0.2) is 29.6 Å². The number of hydrogen-bond acceptors (Lipinski definition) is 5. The third kappa shape index (κ3) is 4.93. The van der Waals surface area contributed by atoms with Crippen LogP contribution >= 0.6 is 11.3 Å². The molecule has 1 amide bonds. The van der Waals surface area contributed by atoms with E-state index in [1.807, 2.05) is 0 Å². The number of halogens is 3. The zero-order valence-corrected chi connectivity index (χ0v) is 13.7.